The molecule has 0 aromatic carbocycles. The SMILES string of the molecule is Cc1sc(C(=O)NN)cc1CN1C(=O)CCCC1=O. The quantitative estimate of drug-likeness (QED) is 0.369. The van der Waals surface area contributed by atoms with E-state index < -0.39 is 0 Å². The first-order chi connectivity index (χ1) is 9.02. The summed E-state index contributed by atoms with van der Waals surface area (Å²) < 4.78 is 0. The van der Waals surface area contributed by atoms with Gasteiger partial charge in [-0.1, -0.05) is 0 Å². The van der Waals surface area contributed by atoms with E-state index in [9.17, 15) is 14.4 Å². The van der Waals surface area contributed by atoms with E-state index in [0.717, 1.165) is 10.4 Å². The monoisotopic (exact) mass is 281 g/mol. The summed E-state index contributed by atoms with van der Waals surface area (Å²) in [5, 5.41) is 0. The van der Waals surface area contributed by atoms with Crippen LogP contribution in [0.5, 0.6) is 0 Å². The normalized spacial score (nSPS) is 15.8. The van der Waals surface area contributed by atoms with Crippen LogP contribution < -0.4 is 11.3 Å². The molecule has 7 heteroatoms. The number of nitrogens with two attached hydrogens (primary N) is 1. The van der Waals surface area contributed by atoms with Gasteiger partial charge in [0.15, 0.2) is 0 Å². The number of hydrogen-bond donors (Lipinski definition) is 2. The molecule has 3 amide bonds. The number of carbonyl (C=O) groups is 3. The van der Waals surface area contributed by atoms with Crippen molar-refractivity contribution in [2.24, 2.45) is 5.84 Å². The Kier molecular flexibility index (Phi) is 3.96. The van der Waals surface area contributed by atoms with E-state index in [0.29, 0.717) is 24.1 Å². The fraction of sp³-hybridized carbons (Fsp3) is 0.417. The van der Waals surface area contributed by atoms with Crippen LogP contribution in [-0.4, -0.2) is 22.6 Å². The van der Waals surface area contributed by atoms with Crippen LogP contribution in [0.15, 0.2) is 6.07 Å². The van der Waals surface area contributed by atoms with Gasteiger partial charge in [0.25, 0.3) is 5.91 Å². The maximum Gasteiger partial charge on any atom is 0.275 e. The molecule has 0 saturated carbocycles. The minimum Gasteiger partial charge on any atom is -0.289 e. The van der Waals surface area contributed by atoms with E-state index in [-0.39, 0.29) is 24.3 Å². The second kappa shape index (κ2) is 5.50. The fourth-order valence-electron chi connectivity index (χ4n) is 2.01. The van der Waals surface area contributed by atoms with Crippen molar-refractivity contribution in [3.05, 3.63) is 21.4 Å². The van der Waals surface area contributed by atoms with Crippen molar-refractivity contribution < 1.29 is 14.4 Å². The molecule has 0 spiro atoms. The molecule has 3 N–H and O–H groups in total. The third-order valence-electron chi connectivity index (χ3n) is 3.09. The molecule has 0 atom stereocenters. The van der Waals surface area contributed by atoms with E-state index in [2.05, 4.69) is 5.43 Å². The predicted molar refractivity (Wildman–Crippen MR) is 70.1 cm³/mol. The van der Waals surface area contributed by atoms with Crippen LogP contribution in [0.4, 0.5) is 0 Å². The Labute approximate surface area is 114 Å². The van der Waals surface area contributed by atoms with E-state index in [1.807, 2.05) is 6.92 Å². The van der Waals surface area contributed by atoms with Crippen molar-refractivity contribution in [2.75, 3.05) is 0 Å². The van der Waals surface area contributed by atoms with Crippen molar-refractivity contribution in [3.8, 4) is 0 Å². The highest BCUT2D eigenvalue weighted by Crippen LogP contribution is 2.24. The van der Waals surface area contributed by atoms with E-state index in [4.69, 9.17) is 5.84 Å². The average molecular weight is 281 g/mol. The number of imide groups is 1. The Hall–Kier alpha value is -1.73. The van der Waals surface area contributed by atoms with Gasteiger partial charge in [0.2, 0.25) is 11.8 Å². The van der Waals surface area contributed by atoms with Crippen LogP contribution in [0.3, 0.4) is 0 Å². The number of aryl methyl sites for hydroxylation is 1. The predicted octanol–water partition coefficient (Wildman–Crippen LogP) is 0.699. The van der Waals surface area contributed by atoms with Crippen LogP contribution in [0.2, 0.25) is 0 Å². The molecule has 1 fully saturated rings. The molecule has 1 aromatic rings. The lowest BCUT2D eigenvalue weighted by Crippen LogP contribution is -2.39. The number of carbonyl (C=O) groups excluding carboxylic acids is 3. The highest BCUT2D eigenvalue weighted by atomic mass is 32.1. The highest BCUT2D eigenvalue weighted by Gasteiger charge is 2.27. The zero-order valence-electron chi connectivity index (χ0n) is 10.6. The van der Waals surface area contributed by atoms with Gasteiger partial charge in [0.1, 0.15) is 0 Å². The molecule has 102 valence electrons. The van der Waals surface area contributed by atoms with Gasteiger partial charge in [0.05, 0.1) is 11.4 Å². The Bertz CT molecular complexity index is 522. The van der Waals surface area contributed by atoms with Crippen molar-refractivity contribution in [1.82, 2.24) is 10.3 Å². The molecular weight excluding hydrogens is 266 g/mol. The topological polar surface area (TPSA) is 92.5 Å². The number of rotatable bonds is 3. The van der Waals surface area contributed by atoms with Crippen LogP contribution >= 0.6 is 11.3 Å². The molecule has 0 radical (unpaired) electrons. The molecule has 2 heterocycles. The number of nitrogens with zero attached hydrogens (tertiary/aromatic N) is 1. The Balaban J connectivity index is 2.18. The number of hydrogen-bond acceptors (Lipinski definition) is 5. The third kappa shape index (κ3) is 2.82. The standard InChI is InChI=1S/C12H15N3O3S/c1-7-8(5-9(19-7)12(18)14-13)6-15-10(16)3-2-4-11(15)17/h5H,2-4,6,13H2,1H3,(H,14,18). The lowest BCUT2D eigenvalue weighted by atomic mass is 10.1. The highest BCUT2D eigenvalue weighted by molar-refractivity contribution is 7.14. The number of nitrogens with one attached hydrogen (secondary N) is 1. The smallest absolute Gasteiger partial charge is 0.275 e. The molecule has 1 saturated heterocycles. The number of nitrogen functional groups attached to an aromatic ring is 1. The molecule has 2 rings (SSSR count). The van der Waals surface area contributed by atoms with Crippen molar-refractivity contribution in [2.45, 2.75) is 32.7 Å². The van der Waals surface area contributed by atoms with Crippen molar-refractivity contribution >= 4 is 29.1 Å². The Morgan fingerprint density at radius 3 is 2.63 bits per heavy atom. The molecule has 0 unspecified atom stereocenters. The fourth-order valence-corrected chi connectivity index (χ4v) is 2.94. The van der Waals surface area contributed by atoms with Crippen molar-refractivity contribution in [3.63, 3.8) is 0 Å². The van der Waals surface area contributed by atoms with Gasteiger partial charge in [-0.3, -0.25) is 24.7 Å². The van der Waals surface area contributed by atoms with Gasteiger partial charge >= 0.3 is 0 Å². The minimum absolute atomic E-state index is 0.147. The number of likely N-dealkylation sites (tertiary alicyclic amines) is 1. The van der Waals surface area contributed by atoms with Gasteiger partial charge in [0, 0.05) is 17.7 Å². The summed E-state index contributed by atoms with van der Waals surface area (Å²) in [5.41, 5.74) is 2.88. The van der Waals surface area contributed by atoms with E-state index in [1.165, 1.54) is 16.2 Å². The van der Waals surface area contributed by atoms with Crippen LogP contribution in [0.25, 0.3) is 0 Å². The molecule has 6 nitrogen and oxygen atoms in total. The molecule has 1 aliphatic heterocycles. The van der Waals surface area contributed by atoms with Crippen LogP contribution in [0.1, 0.15) is 39.4 Å². The summed E-state index contributed by atoms with van der Waals surface area (Å²) in [5.74, 6) is 4.42. The Morgan fingerprint density at radius 2 is 2.05 bits per heavy atom. The van der Waals surface area contributed by atoms with Gasteiger partial charge in [-0.05, 0) is 25.0 Å². The summed E-state index contributed by atoms with van der Waals surface area (Å²) in [7, 11) is 0. The molecule has 0 bridgehead atoms. The Morgan fingerprint density at radius 1 is 1.42 bits per heavy atom. The lowest BCUT2D eigenvalue weighted by Gasteiger charge is -2.24. The van der Waals surface area contributed by atoms with E-state index in [1.54, 1.807) is 6.07 Å². The number of hydrazine groups is 1. The first-order valence-corrected chi connectivity index (χ1v) is 6.78. The zero-order chi connectivity index (χ0) is 14.0. The lowest BCUT2D eigenvalue weighted by molar-refractivity contribution is -0.148. The third-order valence-corrected chi connectivity index (χ3v) is 4.18. The second-order valence-corrected chi connectivity index (χ2v) is 5.65. The molecule has 0 aliphatic carbocycles. The van der Waals surface area contributed by atoms with E-state index >= 15 is 0 Å². The number of thiophene rings is 1. The average Bonchev–Trinajstić information content (AvgIpc) is 2.74. The summed E-state index contributed by atoms with van der Waals surface area (Å²) in [6.07, 6.45) is 1.44. The van der Waals surface area contributed by atoms with Crippen LogP contribution in [-0.2, 0) is 16.1 Å². The first kappa shape index (κ1) is 13.7. The molecular formula is C12H15N3O3S. The summed E-state index contributed by atoms with van der Waals surface area (Å²) >= 11 is 1.30. The van der Waals surface area contributed by atoms with Crippen molar-refractivity contribution in [1.29, 1.82) is 0 Å². The van der Waals surface area contributed by atoms with Gasteiger partial charge in [-0.25, -0.2) is 5.84 Å². The molecule has 1 aromatic heterocycles. The zero-order valence-corrected chi connectivity index (χ0v) is 11.4. The summed E-state index contributed by atoms with van der Waals surface area (Å²) in [6.45, 7) is 2.09. The van der Waals surface area contributed by atoms with Gasteiger partial charge in [-0.2, -0.15) is 0 Å². The maximum atomic E-state index is 11.7. The summed E-state index contributed by atoms with van der Waals surface area (Å²) in [6, 6.07) is 1.68. The molecule has 19 heavy (non-hydrogen) atoms. The number of amides is 3. The second-order valence-electron chi connectivity index (χ2n) is 4.39. The van der Waals surface area contributed by atoms with Crippen LogP contribution in [0, 0.1) is 6.92 Å². The first-order valence-electron chi connectivity index (χ1n) is 5.96. The van der Waals surface area contributed by atoms with Gasteiger partial charge in [-0.15, -0.1) is 11.3 Å². The maximum absolute atomic E-state index is 11.7. The largest absolute Gasteiger partial charge is 0.289 e. The number of piperidine rings is 1. The molecule has 1 aliphatic rings. The van der Waals surface area contributed by atoms with Gasteiger partial charge < -0.3 is 0 Å². The summed E-state index contributed by atoms with van der Waals surface area (Å²) in [4.78, 5) is 37.5. The minimum atomic E-state index is -0.365.